The molecule has 1 heteroatoms. The molecule has 2 atom stereocenters. The summed E-state index contributed by atoms with van der Waals surface area (Å²) >= 11 is 0. The molecule has 1 aromatic rings. The fourth-order valence-corrected chi connectivity index (χ4v) is 2.26. The van der Waals surface area contributed by atoms with Crippen LogP contribution in [0.25, 0.3) is 0 Å². The summed E-state index contributed by atoms with van der Waals surface area (Å²) in [5, 5.41) is 0. The fraction of sp³-hybridized carbons (Fsp3) is 0.500. The molecule has 1 saturated carbocycles. The Bertz CT molecular complexity index is 255. The molecule has 1 fully saturated rings. The number of benzene rings is 1. The van der Waals surface area contributed by atoms with Gasteiger partial charge in [0.1, 0.15) is 0 Å². The molecule has 1 nitrogen and oxygen atoms in total. The molecule has 0 radical (unpaired) electrons. The molecular weight excluding hydrogens is 158 g/mol. The van der Waals surface area contributed by atoms with E-state index in [2.05, 4.69) is 30.3 Å². The van der Waals surface area contributed by atoms with Crippen LogP contribution in [0.2, 0.25) is 0 Å². The van der Waals surface area contributed by atoms with Gasteiger partial charge in [-0.25, -0.2) is 0 Å². The molecule has 1 aliphatic carbocycles. The average molecular weight is 175 g/mol. The highest BCUT2D eigenvalue weighted by molar-refractivity contribution is 5.20. The van der Waals surface area contributed by atoms with Crippen LogP contribution in [0.5, 0.6) is 0 Å². The van der Waals surface area contributed by atoms with Crippen molar-refractivity contribution in [1.29, 1.82) is 0 Å². The van der Waals surface area contributed by atoms with E-state index in [-0.39, 0.29) is 0 Å². The van der Waals surface area contributed by atoms with E-state index in [0.717, 1.165) is 0 Å². The summed E-state index contributed by atoms with van der Waals surface area (Å²) in [6.07, 6.45) is 4.99. The van der Waals surface area contributed by atoms with Crippen molar-refractivity contribution in [3.05, 3.63) is 35.9 Å². The lowest BCUT2D eigenvalue weighted by Crippen LogP contribution is -2.26. The van der Waals surface area contributed by atoms with Gasteiger partial charge >= 0.3 is 0 Å². The van der Waals surface area contributed by atoms with Gasteiger partial charge in [-0.3, -0.25) is 0 Å². The highest BCUT2D eigenvalue weighted by atomic mass is 14.6. The molecule has 0 aromatic heterocycles. The number of rotatable bonds is 1. The molecule has 13 heavy (non-hydrogen) atoms. The van der Waals surface area contributed by atoms with Gasteiger partial charge in [-0.1, -0.05) is 36.8 Å². The minimum atomic E-state index is 0.430. The quantitative estimate of drug-likeness (QED) is 0.697. The molecule has 0 aliphatic heterocycles. The molecule has 0 saturated heterocycles. The van der Waals surface area contributed by atoms with Crippen molar-refractivity contribution in [3.63, 3.8) is 0 Å². The molecule has 0 unspecified atom stereocenters. The minimum absolute atomic E-state index is 0.430. The van der Waals surface area contributed by atoms with Crippen LogP contribution in [-0.4, -0.2) is 6.04 Å². The summed E-state index contributed by atoms with van der Waals surface area (Å²) in [5.41, 5.74) is 7.43. The lowest BCUT2D eigenvalue weighted by Gasteiger charge is -2.26. The molecule has 1 aromatic carbocycles. The highest BCUT2D eigenvalue weighted by Crippen LogP contribution is 2.31. The Kier molecular flexibility index (Phi) is 2.65. The average Bonchev–Trinajstić information content (AvgIpc) is 2.19. The van der Waals surface area contributed by atoms with Crippen molar-refractivity contribution in [3.8, 4) is 0 Å². The van der Waals surface area contributed by atoms with Crippen molar-refractivity contribution in [2.75, 3.05) is 0 Å². The zero-order valence-corrected chi connectivity index (χ0v) is 7.95. The van der Waals surface area contributed by atoms with Gasteiger partial charge in [0.2, 0.25) is 0 Å². The Morgan fingerprint density at radius 2 is 1.85 bits per heavy atom. The van der Waals surface area contributed by atoms with E-state index in [1.165, 1.54) is 31.2 Å². The summed E-state index contributed by atoms with van der Waals surface area (Å²) in [5.74, 6) is 0.713. The van der Waals surface area contributed by atoms with E-state index in [4.69, 9.17) is 5.73 Å². The van der Waals surface area contributed by atoms with Crippen LogP contribution >= 0.6 is 0 Å². The van der Waals surface area contributed by atoms with Crippen LogP contribution in [0.3, 0.4) is 0 Å². The van der Waals surface area contributed by atoms with Crippen LogP contribution in [0.15, 0.2) is 30.3 Å². The zero-order valence-electron chi connectivity index (χ0n) is 7.95. The Balaban J connectivity index is 2.08. The van der Waals surface area contributed by atoms with Crippen LogP contribution in [0.4, 0.5) is 0 Å². The monoisotopic (exact) mass is 175 g/mol. The van der Waals surface area contributed by atoms with E-state index in [0.29, 0.717) is 12.0 Å². The first kappa shape index (κ1) is 8.76. The van der Waals surface area contributed by atoms with E-state index < -0.39 is 0 Å². The maximum atomic E-state index is 5.96. The van der Waals surface area contributed by atoms with E-state index >= 15 is 0 Å². The topological polar surface area (TPSA) is 26.0 Å². The summed E-state index contributed by atoms with van der Waals surface area (Å²) in [4.78, 5) is 0. The normalized spacial score (nSPS) is 28.7. The first-order valence-electron chi connectivity index (χ1n) is 5.17. The van der Waals surface area contributed by atoms with Gasteiger partial charge in [-0.2, -0.15) is 0 Å². The van der Waals surface area contributed by atoms with Crippen LogP contribution < -0.4 is 5.73 Å². The maximum Gasteiger partial charge on any atom is 0.00446 e. The third-order valence-corrected chi connectivity index (χ3v) is 2.99. The highest BCUT2D eigenvalue weighted by Gasteiger charge is 2.19. The fourth-order valence-electron chi connectivity index (χ4n) is 2.26. The van der Waals surface area contributed by atoms with Gasteiger partial charge in [0.25, 0.3) is 0 Å². The second-order valence-corrected chi connectivity index (χ2v) is 4.03. The van der Waals surface area contributed by atoms with Gasteiger partial charge in [0.05, 0.1) is 0 Å². The lowest BCUT2D eigenvalue weighted by atomic mass is 9.82. The smallest absolute Gasteiger partial charge is 0.00446 e. The van der Waals surface area contributed by atoms with Gasteiger partial charge in [-0.05, 0) is 30.7 Å². The number of hydrogen-bond donors (Lipinski definition) is 1. The van der Waals surface area contributed by atoms with Crippen molar-refractivity contribution in [2.24, 2.45) is 5.73 Å². The van der Waals surface area contributed by atoms with E-state index in [9.17, 15) is 0 Å². The summed E-state index contributed by atoms with van der Waals surface area (Å²) in [7, 11) is 0. The molecule has 0 bridgehead atoms. The molecule has 2 N–H and O–H groups in total. The second-order valence-electron chi connectivity index (χ2n) is 4.03. The molecule has 0 heterocycles. The predicted molar refractivity (Wildman–Crippen MR) is 55.6 cm³/mol. The molecule has 2 rings (SSSR count). The van der Waals surface area contributed by atoms with Gasteiger partial charge < -0.3 is 5.73 Å². The van der Waals surface area contributed by atoms with Gasteiger partial charge in [0, 0.05) is 6.04 Å². The Morgan fingerprint density at radius 3 is 2.54 bits per heavy atom. The molecule has 70 valence electrons. The van der Waals surface area contributed by atoms with Crippen LogP contribution in [-0.2, 0) is 0 Å². The standard InChI is InChI=1S/C12H17N/c13-12-8-4-7-11(9-12)10-5-2-1-3-6-10/h1-3,5-6,11-12H,4,7-9,13H2/t11-,12+/m0/s1. The second kappa shape index (κ2) is 3.93. The maximum absolute atomic E-state index is 5.96. The lowest BCUT2D eigenvalue weighted by molar-refractivity contribution is 0.393. The van der Waals surface area contributed by atoms with Gasteiger partial charge in [0.15, 0.2) is 0 Å². The molecule has 0 amide bonds. The van der Waals surface area contributed by atoms with Crippen molar-refractivity contribution >= 4 is 0 Å². The molecule has 0 spiro atoms. The number of nitrogens with two attached hydrogens (primary N) is 1. The van der Waals surface area contributed by atoms with E-state index in [1.54, 1.807) is 0 Å². The molecular formula is C12H17N. The minimum Gasteiger partial charge on any atom is -0.328 e. The SMILES string of the molecule is N[C@@H]1CCC[C@H](c2ccccc2)C1. The summed E-state index contributed by atoms with van der Waals surface area (Å²) < 4.78 is 0. The van der Waals surface area contributed by atoms with Crippen molar-refractivity contribution in [2.45, 2.75) is 37.6 Å². The van der Waals surface area contributed by atoms with Crippen LogP contribution in [0, 0.1) is 0 Å². The first-order valence-corrected chi connectivity index (χ1v) is 5.17. The zero-order chi connectivity index (χ0) is 9.10. The van der Waals surface area contributed by atoms with Crippen LogP contribution in [0.1, 0.15) is 37.2 Å². The Labute approximate surface area is 80.0 Å². The van der Waals surface area contributed by atoms with Crippen molar-refractivity contribution in [1.82, 2.24) is 0 Å². The molecule has 1 aliphatic rings. The first-order chi connectivity index (χ1) is 6.36. The third-order valence-electron chi connectivity index (χ3n) is 2.99. The number of hydrogen-bond acceptors (Lipinski definition) is 1. The largest absolute Gasteiger partial charge is 0.328 e. The van der Waals surface area contributed by atoms with Gasteiger partial charge in [-0.15, -0.1) is 0 Å². The Hall–Kier alpha value is -0.820. The van der Waals surface area contributed by atoms with Crippen molar-refractivity contribution < 1.29 is 0 Å². The summed E-state index contributed by atoms with van der Waals surface area (Å²) in [6.45, 7) is 0. The van der Waals surface area contributed by atoms with E-state index in [1.807, 2.05) is 0 Å². The predicted octanol–water partition coefficient (Wildman–Crippen LogP) is 2.67. The summed E-state index contributed by atoms with van der Waals surface area (Å²) in [6, 6.07) is 11.2. The third kappa shape index (κ3) is 2.10. The Morgan fingerprint density at radius 1 is 1.08 bits per heavy atom.